The van der Waals surface area contributed by atoms with E-state index in [0.717, 1.165) is 6.07 Å². The van der Waals surface area contributed by atoms with Crippen LogP contribution < -0.4 is 16.0 Å². The number of halogens is 2. The predicted molar refractivity (Wildman–Crippen MR) is 72.3 cm³/mol. The number of rotatable bonds is 4. The van der Waals surface area contributed by atoms with Crippen LogP contribution >= 0.6 is 0 Å². The average molecular weight is 280 g/mol. The van der Waals surface area contributed by atoms with Gasteiger partial charge in [-0.2, -0.15) is 15.0 Å². The highest BCUT2D eigenvalue weighted by atomic mass is 19.1. The minimum atomic E-state index is -0.632. The Balaban J connectivity index is 2.14. The number of hydrogen-bond donors (Lipinski definition) is 2. The van der Waals surface area contributed by atoms with Gasteiger partial charge in [0.05, 0.1) is 0 Å². The van der Waals surface area contributed by atoms with Crippen molar-refractivity contribution in [2.45, 2.75) is 6.54 Å². The van der Waals surface area contributed by atoms with Gasteiger partial charge in [-0.1, -0.05) is 6.07 Å². The maximum absolute atomic E-state index is 13.5. The molecule has 8 heteroatoms. The molecule has 106 valence electrons. The second kappa shape index (κ2) is 5.64. The molecule has 2 rings (SSSR count). The highest BCUT2D eigenvalue weighted by molar-refractivity contribution is 5.41. The van der Waals surface area contributed by atoms with Crippen molar-refractivity contribution in [2.75, 3.05) is 30.0 Å². The van der Waals surface area contributed by atoms with Crippen LogP contribution in [0.1, 0.15) is 5.56 Å². The van der Waals surface area contributed by atoms with Gasteiger partial charge in [-0.25, -0.2) is 8.78 Å². The monoisotopic (exact) mass is 280 g/mol. The van der Waals surface area contributed by atoms with E-state index in [4.69, 9.17) is 5.73 Å². The molecule has 1 aromatic carbocycles. The molecule has 20 heavy (non-hydrogen) atoms. The summed E-state index contributed by atoms with van der Waals surface area (Å²) in [5.41, 5.74) is 5.87. The van der Waals surface area contributed by atoms with E-state index in [-0.39, 0.29) is 18.4 Å². The Morgan fingerprint density at radius 2 is 1.95 bits per heavy atom. The highest BCUT2D eigenvalue weighted by Crippen LogP contribution is 2.13. The summed E-state index contributed by atoms with van der Waals surface area (Å²) in [6.45, 7) is 0.114. The second-order valence-corrected chi connectivity index (χ2v) is 4.30. The molecule has 0 aliphatic carbocycles. The lowest BCUT2D eigenvalue weighted by molar-refractivity contribution is 0.574. The zero-order chi connectivity index (χ0) is 14.7. The third-order valence-electron chi connectivity index (χ3n) is 2.49. The Morgan fingerprint density at radius 3 is 2.60 bits per heavy atom. The van der Waals surface area contributed by atoms with Gasteiger partial charge in [0.15, 0.2) is 0 Å². The molecular weight excluding hydrogens is 266 g/mol. The molecule has 0 aliphatic heterocycles. The zero-order valence-corrected chi connectivity index (χ0v) is 11.1. The third kappa shape index (κ3) is 3.28. The molecule has 3 N–H and O–H groups in total. The summed E-state index contributed by atoms with van der Waals surface area (Å²) in [5, 5.41) is 2.83. The molecule has 2 aromatic rings. The number of anilines is 3. The summed E-state index contributed by atoms with van der Waals surface area (Å²) in [4.78, 5) is 13.6. The lowest BCUT2D eigenvalue weighted by atomic mass is 10.2. The largest absolute Gasteiger partial charge is 0.368 e. The molecule has 0 fully saturated rings. The molecule has 0 amide bonds. The number of benzene rings is 1. The van der Waals surface area contributed by atoms with E-state index in [1.807, 2.05) is 0 Å². The van der Waals surface area contributed by atoms with Crippen LogP contribution in [0.15, 0.2) is 18.2 Å². The first-order chi connectivity index (χ1) is 9.45. The molecule has 0 unspecified atom stereocenters. The minimum Gasteiger partial charge on any atom is -0.368 e. The Bertz CT molecular complexity index is 617. The van der Waals surface area contributed by atoms with E-state index >= 15 is 0 Å². The molecule has 1 heterocycles. The third-order valence-corrected chi connectivity index (χ3v) is 2.49. The normalized spacial score (nSPS) is 10.4. The van der Waals surface area contributed by atoms with Crippen molar-refractivity contribution in [1.29, 1.82) is 0 Å². The summed E-state index contributed by atoms with van der Waals surface area (Å²) in [5.74, 6) is -0.576. The van der Waals surface area contributed by atoms with Crippen LogP contribution in [0.3, 0.4) is 0 Å². The maximum Gasteiger partial charge on any atom is 0.231 e. The lowest BCUT2D eigenvalue weighted by Crippen LogP contribution is -2.16. The number of nitrogens with one attached hydrogen (secondary N) is 1. The van der Waals surface area contributed by atoms with Gasteiger partial charge in [-0.05, 0) is 6.07 Å². The molecule has 0 atom stereocenters. The van der Waals surface area contributed by atoms with E-state index in [2.05, 4.69) is 20.3 Å². The summed E-state index contributed by atoms with van der Waals surface area (Å²) in [6.07, 6.45) is 0. The van der Waals surface area contributed by atoms with Gasteiger partial charge in [-0.3, -0.25) is 0 Å². The SMILES string of the molecule is CN(C)c1nc(N)nc(NCc2ccc(F)cc2F)n1. The smallest absolute Gasteiger partial charge is 0.231 e. The van der Waals surface area contributed by atoms with Crippen LogP contribution in [-0.2, 0) is 6.54 Å². The van der Waals surface area contributed by atoms with Gasteiger partial charge in [-0.15, -0.1) is 0 Å². The average Bonchev–Trinajstić information content (AvgIpc) is 2.37. The van der Waals surface area contributed by atoms with Crippen LogP contribution in [0.25, 0.3) is 0 Å². The fourth-order valence-electron chi connectivity index (χ4n) is 1.50. The van der Waals surface area contributed by atoms with Crippen LogP contribution in [0, 0.1) is 11.6 Å². The van der Waals surface area contributed by atoms with Crippen LogP contribution in [0.4, 0.5) is 26.6 Å². The molecule has 0 radical (unpaired) electrons. The Morgan fingerprint density at radius 1 is 1.20 bits per heavy atom. The minimum absolute atomic E-state index is 0.0609. The molecule has 0 bridgehead atoms. The van der Waals surface area contributed by atoms with Gasteiger partial charge in [0.25, 0.3) is 0 Å². The first kappa shape index (κ1) is 13.9. The topological polar surface area (TPSA) is 80.0 Å². The Kier molecular flexibility index (Phi) is 3.92. The van der Waals surface area contributed by atoms with Crippen molar-refractivity contribution >= 4 is 17.8 Å². The zero-order valence-electron chi connectivity index (χ0n) is 11.1. The first-order valence-electron chi connectivity index (χ1n) is 5.82. The van der Waals surface area contributed by atoms with Crippen LogP contribution in [0.2, 0.25) is 0 Å². The quantitative estimate of drug-likeness (QED) is 0.881. The van der Waals surface area contributed by atoms with Gasteiger partial charge >= 0.3 is 0 Å². The molecule has 0 aliphatic rings. The van der Waals surface area contributed by atoms with Crippen LogP contribution in [-0.4, -0.2) is 29.0 Å². The van der Waals surface area contributed by atoms with Gasteiger partial charge in [0.1, 0.15) is 11.6 Å². The van der Waals surface area contributed by atoms with Crippen molar-refractivity contribution in [2.24, 2.45) is 0 Å². The van der Waals surface area contributed by atoms with E-state index < -0.39 is 11.6 Å². The molecule has 0 spiro atoms. The van der Waals surface area contributed by atoms with Gasteiger partial charge < -0.3 is 16.0 Å². The van der Waals surface area contributed by atoms with E-state index in [0.29, 0.717) is 11.5 Å². The van der Waals surface area contributed by atoms with Crippen molar-refractivity contribution in [3.63, 3.8) is 0 Å². The fourth-order valence-corrected chi connectivity index (χ4v) is 1.50. The summed E-state index contributed by atoms with van der Waals surface area (Å²) < 4.78 is 26.3. The number of aromatic nitrogens is 3. The summed E-state index contributed by atoms with van der Waals surface area (Å²) >= 11 is 0. The highest BCUT2D eigenvalue weighted by Gasteiger charge is 2.08. The molecular formula is C12H14F2N6. The molecule has 0 saturated heterocycles. The fraction of sp³-hybridized carbons (Fsp3) is 0.250. The summed E-state index contributed by atoms with van der Waals surface area (Å²) in [7, 11) is 3.52. The Labute approximate surface area is 114 Å². The predicted octanol–water partition coefficient (Wildman–Crippen LogP) is 1.41. The van der Waals surface area contributed by atoms with Crippen LogP contribution in [0.5, 0.6) is 0 Å². The first-order valence-corrected chi connectivity index (χ1v) is 5.82. The van der Waals surface area contributed by atoms with Crippen molar-refractivity contribution in [3.05, 3.63) is 35.4 Å². The lowest BCUT2D eigenvalue weighted by Gasteiger charge is -2.12. The van der Waals surface area contributed by atoms with Gasteiger partial charge in [0, 0.05) is 32.3 Å². The molecule has 1 aromatic heterocycles. The second-order valence-electron chi connectivity index (χ2n) is 4.30. The van der Waals surface area contributed by atoms with Crippen molar-refractivity contribution in [1.82, 2.24) is 15.0 Å². The van der Waals surface area contributed by atoms with Gasteiger partial charge in [0.2, 0.25) is 17.8 Å². The number of hydrogen-bond acceptors (Lipinski definition) is 6. The summed E-state index contributed by atoms with van der Waals surface area (Å²) in [6, 6.07) is 3.37. The van der Waals surface area contributed by atoms with Crippen molar-refractivity contribution in [3.8, 4) is 0 Å². The Hall–Kier alpha value is -2.51. The molecule has 0 saturated carbocycles. The number of nitrogens with two attached hydrogens (primary N) is 1. The van der Waals surface area contributed by atoms with E-state index in [1.54, 1.807) is 19.0 Å². The molecule has 6 nitrogen and oxygen atoms in total. The maximum atomic E-state index is 13.5. The standard InChI is InChI=1S/C12H14F2N6/c1-20(2)12-18-10(15)17-11(19-12)16-6-7-3-4-8(13)5-9(7)14/h3-5H,6H2,1-2H3,(H3,15,16,17,18,19). The number of nitrogen functional groups attached to an aromatic ring is 1. The van der Waals surface area contributed by atoms with E-state index in [9.17, 15) is 8.78 Å². The number of nitrogens with zero attached hydrogens (tertiary/aromatic N) is 4. The van der Waals surface area contributed by atoms with E-state index in [1.165, 1.54) is 12.1 Å². The van der Waals surface area contributed by atoms with Crippen molar-refractivity contribution < 1.29 is 8.78 Å².